The molecule has 1 aliphatic carbocycles. The molecule has 3 N–H and O–H groups in total. The molecule has 114 valence electrons. The molecule has 1 saturated carbocycles. The Morgan fingerprint density at radius 1 is 1.00 bits per heavy atom. The molecule has 0 spiro atoms. The Morgan fingerprint density at radius 3 is 2.11 bits per heavy atom. The summed E-state index contributed by atoms with van der Waals surface area (Å²) < 4.78 is 28.5. The zero-order valence-corrected chi connectivity index (χ0v) is 13.1. The normalized spacial score (nSPS) is 24.7. The first-order valence-electron chi connectivity index (χ1n) is 7.06. The predicted molar refractivity (Wildman–Crippen MR) is 79.6 cm³/mol. The van der Waals surface area contributed by atoms with Crippen molar-refractivity contribution >= 4 is 22.6 Å². The van der Waals surface area contributed by atoms with Gasteiger partial charge in [0.15, 0.2) is 0 Å². The highest BCUT2D eigenvalue weighted by atomic mass is 35.5. The molecule has 0 bridgehead atoms. The topological polar surface area (TPSA) is 75.4 Å². The lowest BCUT2D eigenvalue weighted by molar-refractivity contribution is 0.289. The largest absolute Gasteiger partial charge is 0.324 e. The van der Waals surface area contributed by atoms with Crippen molar-refractivity contribution in [3.63, 3.8) is 0 Å². The zero-order chi connectivity index (χ0) is 13.1. The van der Waals surface area contributed by atoms with Gasteiger partial charge in [0.1, 0.15) is 0 Å². The number of piperidine rings is 1. The minimum atomic E-state index is -3.32. The predicted octanol–water partition coefficient (Wildman–Crippen LogP) is 1.39. The number of nitrogens with two attached hydrogens (primary N) is 1. The first kappa shape index (κ1) is 17.2. The van der Waals surface area contributed by atoms with Crippen molar-refractivity contribution in [2.24, 2.45) is 5.73 Å². The van der Waals surface area contributed by atoms with E-state index in [9.17, 15) is 8.42 Å². The number of hydrogen-bond acceptors (Lipinski definition) is 3. The third kappa shape index (κ3) is 4.86. The average Bonchev–Trinajstić information content (AvgIpc) is 2.39. The molecule has 19 heavy (non-hydrogen) atoms. The van der Waals surface area contributed by atoms with Gasteiger partial charge in [-0.05, 0) is 25.7 Å². The molecule has 1 saturated heterocycles. The van der Waals surface area contributed by atoms with Gasteiger partial charge < -0.3 is 5.73 Å². The summed E-state index contributed by atoms with van der Waals surface area (Å²) in [6.07, 6.45) is 8.36. The minimum absolute atomic E-state index is 0. The molecule has 0 aromatic heterocycles. The quantitative estimate of drug-likeness (QED) is 0.824. The van der Waals surface area contributed by atoms with Gasteiger partial charge in [0.05, 0.1) is 0 Å². The number of halogens is 1. The van der Waals surface area contributed by atoms with Crippen molar-refractivity contribution in [3.05, 3.63) is 0 Å². The van der Waals surface area contributed by atoms with Gasteiger partial charge in [-0.2, -0.15) is 12.7 Å². The summed E-state index contributed by atoms with van der Waals surface area (Å²) >= 11 is 0. The van der Waals surface area contributed by atoms with E-state index >= 15 is 0 Å². The van der Waals surface area contributed by atoms with Crippen LogP contribution in [0.3, 0.4) is 0 Å². The standard InChI is InChI=1S/C12H25N3O2S.ClH/c13-12(7-3-1-4-8-12)11-14-18(16,17)15-9-5-2-6-10-15;/h14H,1-11,13H2;1H. The molecular weight excluding hydrogens is 286 g/mol. The van der Waals surface area contributed by atoms with Crippen molar-refractivity contribution in [3.8, 4) is 0 Å². The van der Waals surface area contributed by atoms with Gasteiger partial charge in [0.25, 0.3) is 10.2 Å². The molecule has 0 unspecified atom stereocenters. The Kier molecular flexibility index (Phi) is 6.53. The number of nitrogens with one attached hydrogen (secondary N) is 1. The van der Waals surface area contributed by atoms with Crippen molar-refractivity contribution in [1.29, 1.82) is 0 Å². The van der Waals surface area contributed by atoms with E-state index in [2.05, 4.69) is 4.72 Å². The fraction of sp³-hybridized carbons (Fsp3) is 1.00. The maximum Gasteiger partial charge on any atom is 0.279 e. The molecule has 5 nitrogen and oxygen atoms in total. The molecule has 1 aliphatic heterocycles. The lowest BCUT2D eigenvalue weighted by atomic mass is 9.83. The first-order chi connectivity index (χ1) is 8.52. The van der Waals surface area contributed by atoms with E-state index in [4.69, 9.17) is 5.73 Å². The van der Waals surface area contributed by atoms with E-state index in [1.54, 1.807) is 4.31 Å². The van der Waals surface area contributed by atoms with Crippen LogP contribution in [0.25, 0.3) is 0 Å². The second-order valence-electron chi connectivity index (χ2n) is 5.71. The summed E-state index contributed by atoms with van der Waals surface area (Å²) in [5, 5.41) is 0. The van der Waals surface area contributed by atoms with E-state index in [1.807, 2.05) is 0 Å². The van der Waals surface area contributed by atoms with Gasteiger partial charge in [0, 0.05) is 25.2 Å². The van der Waals surface area contributed by atoms with Crippen molar-refractivity contribution in [2.45, 2.75) is 56.9 Å². The van der Waals surface area contributed by atoms with Crippen LogP contribution in [0, 0.1) is 0 Å². The van der Waals surface area contributed by atoms with Crippen molar-refractivity contribution in [1.82, 2.24) is 9.03 Å². The maximum absolute atomic E-state index is 12.1. The van der Waals surface area contributed by atoms with Crippen LogP contribution in [0.15, 0.2) is 0 Å². The van der Waals surface area contributed by atoms with Gasteiger partial charge >= 0.3 is 0 Å². The molecule has 2 fully saturated rings. The van der Waals surface area contributed by atoms with Crippen LogP contribution in [0.4, 0.5) is 0 Å². The van der Waals surface area contributed by atoms with Crippen LogP contribution in [0.2, 0.25) is 0 Å². The number of nitrogens with zero attached hydrogens (tertiary/aromatic N) is 1. The SMILES string of the molecule is Cl.NC1(CNS(=O)(=O)N2CCCCC2)CCCCC1. The Morgan fingerprint density at radius 2 is 1.53 bits per heavy atom. The molecule has 2 rings (SSSR count). The molecule has 0 atom stereocenters. The molecule has 0 amide bonds. The highest BCUT2D eigenvalue weighted by molar-refractivity contribution is 7.87. The van der Waals surface area contributed by atoms with Gasteiger partial charge in [-0.1, -0.05) is 25.7 Å². The highest BCUT2D eigenvalue weighted by Gasteiger charge is 2.31. The molecule has 2 aliphatic rings. The van der Waals surface area contributed by atoms with Crippen LogP contribution >= 0.6 is 12.4 Å². The zero-order valence-electron chi connectivity index (χ0n) is 11.4. The van der Waals surface area contributed by atoms with E-state index in [-0.39, 0.29) is 17.9 Å². The summed E-state index contributed by atoms with van der Waals surface area (Å²) in [5.41, 5.74) is 5.92. The minimum Gasteiger partial charge on any atom is -0.324 e. The lowest BCUT2D eigenvalue weighted by Crippen LogP contribution is -2.54. The molecular formula is C12H26ClN3O2S. The fourth-order valence-corrected chi connectivity index (χ4v) is 4.26. The number of rotatable bonds is 4. The van der Waals surface area contributed by atoms with Crippen LogP contribution in [-0.2, 0) is 10.2 Å². The summed E-state index contributed by atoms with van der Waals surface area (Å²) in [5.74, 6) is 0. The van der Waals surface area contributed by atoms with Gasteiger partial charge in [-0.15, -0.1) is 12.4 Å². The maximum atomic E-state index is 12.1. The van der Waals surface area contributed by atoms with E-state index in [0.717, 1.165) is 44.9 Å². The van der Waals surface area contributed by atoms with Crippen LogP contribution in [0.1, 0.15) is 51.4 Å². The third-order valence-electron chi connectivity index (χ3n) is 4.11. The van der Waals surface area contributed by atoms with Gasteiger partial charge in [-0.25, -0.2) is 4.72 Å². The fourth-order valence-electron chi connectivity index (χ4n) is 2.86. The van der Waals surface area contributed by atoms with Crippen LogP contribution < -0.4 is 10.5 Å². The monoisotopic (exact) mass is 311 g/mol. The molecule has 1 heterocycles. The summed E-state index contributed by atoms with van der Waals surface area (Å²) in [6.45, 7) is 1.67. The second kappa shape index (κ2) is 7.22. The second-order valence-corrected chi connectivity index (χ2v) is 7.46. The molecule has 0 radical (unpaired) electrons. The summed E-state index contributed by atoms with van der Waals surface area (Å²) in [7, 11) is -3.32. The number of hydrogen-bond donors (Lipinski definition) is 2. The molecule has 0 aromatic carbocycles. The van der Waals surface area contributed by atoms with Gasteiger partial charge in [-0.3, -0.25) is 0 Å². The van der Waals surface area contributed by atoms with Crippen molar-refractivity contribution in [2.75, 3.05) is 19.6 Å². The molecule has 7 heteroatoms. The van der Waals surface area contributed by atoms with Crippen LogP contribution in [0.5, 0.6) is 0 Å². The summed E-state index contributed by atoms with van der Waals surface area (Å²) in [4.78, 5) is 0. The van der Waals surface area contributed by atoms with Gasteiger partial charge in [0.2, 0.25) is 0 Å². The van der Waals surface area contributed by atoms with E-state index in [1.165, 1.54) is 6.42 Å². The third-order valence-corrected chi connectivity index (χ3v) is 5.67. The first-order valence-corrected chi connectivity index (χ1v) is 8.50. The lowest BCUT2D eigenvalue weighted by Gasteiger charge is -2.34. The smallest absolute Gasteiger partial charge is 0.279 e. The Balaban J connectivity index is 0.00000180. The Hall–Kier alpha value is 0.120. The Labute approximate surface area is 122 Å². The summed E-state index contributed by atoms with van der Waals surface area (Å²) in [6, 6.07) is 0. The Bertz CT molecular complexity index is 363. The van der Waals surface area contributed by atoms with Crippen LogP contribution in [-0.4, -0.2) is 37.9 Å². The van der Waals surface area contributed by atoms with E-state index in [0.29, 0.717) is 19.6 Å². The molecule has 0 aromatic rings. The van der Waals surface area contributed by atoms with Crippen molar-refractivity contribution < 1.29 is 8.42 Å². The highest BCUT2D eigenvalue weighted by Crippen LogP contribution is 2.25. The average molecular weight is 312 g/mol. The van der Waals surface area contributed by atoms with E-state index < -0.39 is 10.2 Å².